The van der Waals surface area contributed by atoms with Gasteiger partial charge in [0.1, 0.15) is 0 Å². The van der Waals surface area contributed by atoms with Crippen molar-refractivity contribution in [2.24, 2.45) is 5.92 Å². The molecule has 13 heavy (non-hydrogen) atoms. The van der Waals surface area contributed by atoms with Crippen LogP contribution >= 0.6 is 0 Å². The van der Waals surface area contributed by atoms with Crippen LogP contribution < -0.4 is 0 Å². The summed E-state index contributed by atoms with van der Waals surface area (Å²) in [6.07, 6.45) is 4.57. The number of aliphatic hydroxyl groups is 1. The summed E-state index contributed by atoms with van der Waals surface area (Å²) in [5.41, 5.74) is -0.397. The zero-order chi connectivity index (χ0) is 9.53. The SMILES string of the molecule is OC1(CCCC2CC(F)(F)C2)CC1. The fourth-order valence-corrected chi connectivity index (χ4v) is 2.10. The topological polar surface area (TPSA) is 20.2 Å². The van der Waals surface area contributed by atoms with Gasteiger partial charge in [0, 0.05) is 12.8 Å². The van der Waals surface area contributed by atoms with E-state index < -0.39 is 11.5 Å². The molecule has 2 saturated carbocycles. The van der Waals surface area contributed by atoms with E-state index in [1.165, 1.54) is 0 Å². The highest BCUT2D eigenvalue weighted by Gasteiger charge is 2.45. The first-order valence-corrected chi connectivity index (χ1v) is 5.09. The van der Waals surface area contributed by atoms with Crippen LogP contribution in [-0.4, -0.2) is 16.6 Å². The molecule has 2 fully saturated rings. The number of hydrogen-bond acceptors (Lipinski definition) is 1. The van der Waals surface area contributed by atoms with Crippen LogP contribution in [0.3, 0.4) is 0 Å². The van der Waals surface area contributed by atoms with E-state index in [2.05, 4.69) is 0 Å². The van der Waals surface area contributed by atoms with Crippen LogP contribution in [0.25, 0.3) is 0 Å². The van der Waals surface area contributed by atoms with Gasteiger partial charge in [0.15, 0.2) is 0 Å². The maximum Gasteiger partial charge on any atom is 0.248 e. The summed E-state index contributed by atoms with van der Waals surface area (Å²) in [5.74, 6) is -2.15. The van der Waals surface area contributed by atoms with Crippen LogP contribution in [-0.2, 0) is 0 Å². The highest BCUT2D eigenvalue weighted by Crippen LogP contribution is 2.46. The fourth-order valence-electron chi connectivity index (χ4n) is 2.10. The lowest BCUT2D eigenvalue weighted by Gasteiger charge is -2.35. The normalized spacial score (nSPS) is 29.8. The molecule has 0 heterocycles. The lowest BCUT2D eigenvalue weighted by Crippen LogP contribution is -2.35. The van der Waals surface area contributed by atoms with Crippen LogP contribution in [0.5, 0.6) is 0 Å². The van der Waals surface area contributed by atoms with Crippen LogP contribution in [0.4, 0.5) is 8.78 Å². The summed E-state index contributed by atoms with van der Waals surface area (Å²) >= 11 is 0. The third-order valence-corrected chi connectivity index (χ3v) is 3.26. The van der Waals surface area contributed by atoms with Gasteiger partial charge >= 0.3 is 0 Å². The Morgan fingerprint density at radius 2 is 1.85 bits per heavy atom. The third-order valence-electron chi connectivity index (χ3n) is 3.26. The molecule has 0 aromatic heterocycles. The van der Waals surface area contributed by atoms with Crippen LogP contribution in [0, 0.1) is 5.92 Å². The number of halogens is 2. The highest BCUT2D eigenvalue weighted by molar-refractivity contribution is 4.93. The Morgan fingerprint density at radius 3 is 2.31 bits per heavy atom. The van der Waals surface area contributed by atoms with E-state index in [-0.39, 0.29) is 18.8 Å². The second-order valence-corrected chi connectivity index (χ2v) is 4.75. The molecule has 0 atom stereocenters. The molecule has 0 amide bonds. The van der Waals surface area contributed by atoms with Gasteiger partial charge in [-0.2, -0.15) is 0 Å². The zero-order valence-corrected chi connectivity index (χ0v) is 7.73. The molecule has 2 rings (SSSR count). The predicted molar refractivity (Wildman–Crippen MR) is 45.7 cm³/mol. The van der Waals surface area contributed by atoms with Gasteiger partial charge in [0.25, 0.3) is 0 Å². The van der Waals surface area contributed by atoms with E-state index in [1.807, 2.05) is 0 Å². The maximum absolute atomic E-state index is 12.4. The zero-order valence-electron chi connectivity index (χ0n) is 7.73. The lowest BCUT2D eigenvalue weighted by atomic mass is 9.78. The fraction of sp³-hybridized carbons (Fsp3) is 1.00. The van der Waals surface area contributed by atoms with Gasteiger partial charge in [-0.1, -0.05) is 6.42 Å². The molecule has 76 valence electrons. The van der Waals surface area contributed by atoms with Gasteiger partial charge in [-0.05, 0) is 31.6 Å². The van der Waals surface area contributed by atoms with Crippen molar-refractivity contribution in [3.63, 3.8) is 0 Å². The van der Waals surface area contributed by atoms with Crippen LogP contribution in [0.1, 0.15) is 44.9 Å². The van der Waals surface area contributed by atoms with Gasteiger partial charge < -0.3 is 5.11 Å². The van der Waals surface area contributed by atoms with Crippen LogP contribution in [0.15, 0.2) is 0 Å². The van der Waals surface area contributed by atoms with Crippen molar-refractivity contribution in [3.05, 3.63) is 0 Å². The first-order chi connectivity index (χ1) is 5.99. The second kappa shape index (κ2) is 2.91. The van der Waals surface area contributed by atoms with Gasteiger partial charge in [0.2, 0.25) is 5.92 Å². The summed E-state index contributed by atoms with van der Waals surface area (Å²) < 4.78 is 24.8. The first-order valence-electron chi connectivity index (χ1n) is 5.09. The van der Waals surface area contributed by atoms with Crippen molar-refractivity contribution in [2.45, 2.75) is 56.5 Å². The maximum atomic E-state index is 12.4. The summed E-state index contributed by atoms with van der Waals surface area (Å²) in [6, 6.07) is 0. The molecule has 1 nitrogen and oxygen atoms in total. The number of hydrogen-bond donors (Lipinski definition) is 1. The summed E-state index contributed by atoms with van der Waals surface area (Å²) in [4.78, 5) is 0. The van der Waals surface area contributed by atoms with Crippen molar-refractivity contribution in [1.29, 1.82) is 0 Å². The first kappa shape index (κ1) is 9.38. The van der Waals surface area contributed by atoms with E-state index in [1.54, 1.807) is 0 Å². The molecule has 0 bridgehead atoms. The van der Waals surface area contributed by atoms with E-state index in [0.29, 0.717) is 0 Å². The minimum Gasteiger partial charge on any atom is -0.390 e. The molecule has 1 N–H and O–H groups in total. The van der Waals surface area contributed by atoms with Gasteiger partial charge in [-0.3, -0.25) is 0 Å². The Labute approximate surface area is 77.1 Å². The van der Waals surface area contributed by atoms with Crippen molar-refractivity contribution >= 4 is 0 Å². The molecule has 0 aromatic carbocycles. The van der Waals surface area contributed by atoms with E-state index in [0.717, 1.165) is 32.1 Å². The third kappa shape index (κ3) is 2.39. The minimum absolute atomic E-state index is 0.0748. The van der Waals surface area contributed by atoms with Gasteiger partial charge in [-0.25, -0.2) is 8.78 Å². The largest absolute Gasteiger partial charge is 0.390 e. The Hall–Kier alpha value is -0.180. The molecule has 2 aliphatic rings. The second-order valence-electron chi connectivity index (χ2n) is 4.75. The number of alkyl halides is 2. The Balaban J connectivity index is 1.55. The molecule has 0 radical (unpaired) electrons. The average molecular weight is 190 g/mol. The average Bonchev–Trinajstić information content (AvgIpc) is 2.64. The molecule has 0 aliphatic heterocycles. The van der Waals surface area contributed by atoms with Gasteiger partial charge in [0.05, 0.1) is 5.60 Å². The molecular weight excluding hydrogens is 174 g/mol. The molecule has 0 saturated heterocycles. The summed E-state index contributed by atoms with van der Waals surface area (Å²) in [7, 11) is 0. The van der Waals surface area contributed by atoms with Gasteiger partial charge in [-0.15, -0.1) is 0 Å². The van der Waals surface area contributed by atoms with Crippen molar-refractivity contribution in [3.8, 4) is 0 Å². The Morgan fingerprint density at radius 1 is 1.23 bits per heavy atom. The quantitative estimate of drug-likeness (QED) is 0.722. The smallest absolute Gasteiger partial charge is 0.248 e. The molecule has 0 aromatic rings. The molecule has 3 heteroatoms. The Kier molecular flexibility index (Phi) is 2.10. The predicted octanol–water partition coefficient (Wildman–Crippen LogP) is 2.73. The van der Waals surface area contributed by atoms with Crippen LogP contribution in [0.2, 0.25) is 0 Å². The minimum atomic E-state index is -2.37. The molecule has 2 aliphatic carbocycles. The number of rotatable bonds is 4. The van der Waals surface area contributed by atoms with E-state index in [9.17, 15) is 13.9 Å². The van der Waals surface area contributed by atoms with Crippen molar-refractivity contribution < 1.29 is 13.9 Å². The summed E-state index contributed by atoms with van der Waals surface area (Å²) in [6.45, 7) is 0. The molecular formula is C10H16F2O. The molecule has 0 spiro atoms. The molecule has 0 unspecified atom stereocenters. The highest BCUT2D eigenvalue weighted by atomic mass is 19.3. The van der Waals surface area contributed by atoms with Crippen molar-refractivity contribution in [2.75, 3.05) is 0 Å². The lowest BCUT2D eigenvalue weighted by molar-refractivity contribution is -0.112. The van der Waals surface area contributed by atoms with E-state index >= 15 is 0 Å². The summed E-state index contributed by atoms with van der Waals surface area (Å²) in [5, 5.41) is 9.49. The van der Waals surface area contributed by atoms with E-state index in [4.69, 9.17) is 0 Å². The van der Waals surface area contributed by atoms with Crippen molar-refractivity contribution in [1.82, 2.24) is 0 Å². The monoisotopic (exact) mass is 190 g/mol. The Bertz CT molecular complexity index is 191. The standard InChI is InChI=1S/C10H16F2O/c11-10(12)6-8(7-10)2-1-3-9(13)4-5-9/h8,13H,1-7H2.